The van der Waals surface area contributed by atoms with Crippen LogP contribution in [-0.4, -0.2) is 25.4 Å². The lowest BCUT2D eigenvalue weighted by molar-refractivity contribution is 0.0690. The molecule has 0 saturated heterocycles. The topological polar surface area (TPSA) is 67.5 Å². The van der Waals surface area contributed by atoms with Crippen molar-refractivity contribution in [1.82, 2.24) is 14.4 Å². The van der Waals surface area contributed by atoms with E-state index < -0.39 is 5.97 Å². The van der Waals surface area contributed by atoms with Gasteiger partial charge in [0.05, 0.1) is 5.69 Å². The first-order valence-electron chi connectivity index (χ1n) is 5.37. The van der Waals surface area contributed by atoms with Gasteiger partial charge >= 0.3 is 5.97 Å². The molecule has 5 heteroatoms. The fraction of sp³-hybridized carbons (Fsp3) is 0. The van der Waals surface area contributed by atoms with E-state index in [0.717, 1.165) is 16.9 Å². The highest BCUT2D eigenvalue weighted by atomic mass is 16.4. The first-order valence-corrected chi connectivity index (χ1v) is 5.37. The SMILES string of the molecule is O=C(O)c1cc(-c2cn3ccccc3n2)ccn1. The van der Waals surface area contributed by atoms with Crippen molar-refractivity contribution in [3.05, 3.63) is 54.6 Å². The van der Waals surface area contributed by atoms with Crippen LogP contribution in [0.2, 0.25) is 0 Å². The molecular weight excluding hydrogens is 230 g/mol. The van der Waals surface area contributed by atoms with Crippen molar-refractivity contribution in [3.63, 3.8) is 0 Å². The monoisotopic (exact) mass is 239 g/mol. The van der Waals surface area contributed by atoms with E-state index in [2.05, 4.69) is 9.97 Å². The highest BCUT2D eigenvalue weighted by Gasteiger charge is 2.08. The van der Waals surface area contributed by atoms with Crippen LogP contribution in [0.1, 0.15) is 10.5 Å². The van der Waals surface area contributed by atoms with Crippen LogP contribution < -0.4 is 0 Å². The van der Waals surface area contributed by atoms with E-state index in [-0.39, 0.29) is 5.69 Å². The molecule has 0 spiro atoms. The van der Waals surface area contributed by atoms with Crippen LogP contribution in [0.25, 0.3) is 16.9 Å². The minimum atomic E-state index is -1.04. The summed E-state index contributed by atoms with van der Waals surface area (Å²) < 4.78 is 1.89. The minimum absolute atomic E-state index is 0.0181. The van der Waals surface area contributed by atoms with Crippen molar-refractivity contribution < 1.29 is 9.90 Å². The summed E-state index contributed by atoms with van der Waals surface area (Å²) in [6.07, 6.45) is 5.23. The van der Waals surface area contributed by atoms with Gasteiger partial charge in [-0.1, -0.05) is 6.07 Å². The molecule has 3 aromatic heterocycles. The van der Waals surface area contributed by atoms with Gasteiger partial charge in [0.1, 0.15) is 11.3 Å². The summed E-state index contributed by atoms with van der Waals surface area (Å²) >= 11 is 0. The van der Waals surface area contributed by atoms with Crippen molar-refractivity contribution in [2.24, 2.45) is 0 Å². The molecule has 0 aliphatic rings. The maximum atomic E-state index is 10.9. The fourth-order valence-corrected chi connectivity index (χ4v) is 1.78. The molecule has 0 radical (unpaired) electrons. The van der Waals surface area contributed by atoms with Gasteiger partial charge in [0.15, 0.2) is 0 Å². The number of carboxylic acid groups (broad SMARTS) is 1. The van der Waals surface area contributed by atoms with E-state index in [1.165, 1.54) is 12.3 Å². The van der Waals surface area contributed by atoms with Gasteiger partial charge in [-0.2, -0.15) is 0 Å². The lowest BCUT2D eigenvalue weighted by atomic mass is 10.2. The molecule has 3 rings (SSSR count). The van der Waals surface area contributed by atoms with Gasteiger partial charge in [-0.3, -0.25) is 0 Å². The highest BCUT2D eigenvalue weighted by molar-refractivity contribution is 5.86. The van der Waals surface area contributed by atoms with Crippen LogP contribution in [0.15, 0.2) is 48.9 Å². The van der Waals surface area contributed by atoms with E-state index in [1.807, 2.05) is 35.0 Å². The maximum absolute atomic E-state index is 10.9. The number of pyridine rings is 2. The van der Waals surface area contributed by atoms with Crippen LogP contribution in [0, 0.1) is 0 Å². The second-order valence-electron chi connectivity index (χ2n) is 3.83. The number of aromatic carboxylic acids is 1. The third-order valence-electron chi connectivity index (χ3n) is 2.64. The third kappa shape index (κ3) is 1.71. The average Bonchev–Trinajstić information content (AvgIpc) is 2.82. The predicted octanol–water partition coefficient (Wildman–Crippen LogP) is 2.09. The van der Waals surface area contributed by atoms with E-state index in [4.69, 9.17) is 5.11 Å². The van der Waals surface area contributed by atoms with Crippen molar-refractivity contribution in [1.29, 1.82) is 0 Å². The molecule has 1 N–H and O–H groups in total. The third-order valence-corrected chi connectivity index (χ3v) is 2.64. The first-order chi connectivity index (χ1) is 8.74. The number of imidazole rings is 1. The van der Waals surface area contributed by atoms with Gasteiger partial charge in [-0.25, -0.2) is 14.8 Å². The smallest absolute Gasteiger partial charge is 0.354 e. The largest absolute Gasteiger partial charge is 0.477 e. The molecular formula is C13H9N3O2. The maximum Gasteiger partial charge on any atom is 0.354 e. The Morgan fingerprint density at radius 2 is 2.17 bits per heavy atom. The number of hydrogen-bond donors (Lipinski definition) is 1. The summed E-state index contributed by atoms with van der Waals surface area (Å²) in [5.74, 6) is -1.04. The van der Waals surface area contributed by atoms with Crippen LogP contribution >= 0.6 is 0 Å². The van der Waals surface area contributed by atoms with Crippen LogP contribution in [0.3, 0.4) is 0 Å². The molecule has 0 aliphatic carbocycles. The molecule has 0 atom stereocenters. The average molecular weight is 239 g/mol. The number of fused-ring (bicyclic) bond motifs is 1. The van der Waals surface area contributed by atoms with Gasteiger partial charge in [-0.15, -0.1) is 0 Å². The zero-order valence-electron chi connectivity index (χ0n) is 9.32. The molecule has 18 heavy (non-hydrogen) atoms. The lowest BCUT2D eigenvalue weighted by Crippen LogP contribution is -1.99. The van der Waals surface area contributed by atoms with Crippen LogP contribution in [-0.2, 0) is 0 Å². The van der Waals surface area contributed by atoms with Crippen molar-refractivity contribution in [2.75, 3.05) is 0 Å². The first kappa shape index (κ1) is 10.5. The number of nitrogens with zero attached hydrogens (tertiary/aromatic N) is 3. The lowest BCUT2D eigenvalue weighted by Gasteiger charge is -1.97. The Kier molecular flexibility index (Phi) is 2.30. The van der Waals surface area contributed by atoms with Gasteiger partial charge < -0.3 is 9.51 Å². The van der Waals surface area contributed by atoms with Gasteiger partial charge in [-0.05, 0) is 24.3 Å². The summed E-state index contributed by atoms with van der Waals surface area (Å²) in [7, 11) is 0. The zero-order valence-corrected chi connectivity index (χ0v) is 9.32. The Balaban J connectivity index is 2.13. The van der Waals surface area contributed by atoms with E-state index in [0.29, 0.717) is 0 Å². The molecule has 0 aromatic carbocycles. The second kappa shape index (κ2) is 3.96. The highest BCUT2D eigenvalue weighted by Crippen LogP contribution is 2.19. The molecule has 0 aliphatic heterocycles. The van der Waals surface area contributed by atoms with Gasteiger partial charge in [0.25, 0.3) is 0 Å². The molecule has 0 unspecified atom stereocenters. The van der Waals surface area contributed by atoms with E-state index in [1.54, 1.807) is 6.07 Å². The summed E-state index contributed by atoms with van der Waals surface area (Å²) in [5, 5.41) is 8.91. The Hall–Kier alpha value is -2.69. The van der Waals surface area contributed by atoms with Crippen molar-refractivity contribution in [2.45, 2.75) is 0 Å². The second-order valence-corrected chi connectivity index (χ2v) is 3.83. The summed E-state index contributed by atoms with van der Waals surface area (Å²) in [4.78, 5) is 19.1. The van der Waals surface area contributed by atoms with E-state index >= 15 is 0 Å². The van der Waals surface area contributed by atoms with Gasteiger partial charge in [0, 0.05) is 24.2 Å². The number of aromatic nitrogens is 3. The van der Waals surface area contributed by atoms with Crippen molar-refractivity contribution >= 4 is 11.6 Å². The Bertz CT molecular complexity index is 701. The van der Waals surface area contributed by atoms with E-state index in [9.17, 15) is 4.79 Å². The minimum Gasteiger partial charge on any atom is -0.477 e. The standard InChI is InChI=1S/C13H9N3O2/c17-13(18)10-7-9(4-5-14-10)11-8-16-6-2-1-3-12(16)15-11/h1-8H,(H,17,18). The zero-order chi connectivity index (χ0) is 12.5. The fourth-order valence-electron chi connectivity index (χ4n) is 1.78. The van der Waals surface area contributed by atoms with Crippen molar-refractivity contribution in [3.8, 4) is 11.3 Å². The molecule has 88 valence electrons. The number of hydrogen-bond acceptors (Lipinski definition) is 3. The Morgan fingerprint density at radius 1 is 1.28 bits per heavy atom. The number of carbonyl (C=O) groups is 1. The molecule has 0 bridgehead atoms. The summed E-state index contributed by atoms with van der Waals surface area (Å²) in [6, 6.07) is 8.97. The summed E-state index contributed by atoms with van der Waals surface area (Å²) in [5.41, 5.74) is 2.31. The number of rotatable bonds is 2. The molecule has 3 aromatic rings. The molecule has 0 amide bonds. The van der Waals surface area contributed by atoms with Crippen LogP contribution in [0.4, 0.5) is 0 Å². The number of carboxylic acids is 1. The normalized spacial score (nSPS) is 10.7. The molecule has 3 heterocycles. The van der Waals surface area contributed by atoms with Crippen LogP contribution in [0.5, 0.6) is 0 Å². The molecule has 5 nitrogen and oxygen atoms in total. The Morgan fingerprint density at radius 3 is 2.94 bits per heavy atom. The van der Waals surface area contributed by atoms with Gasteiger partial charge in [0.2, 0.25) is 0 Å². The quantitative estimate of drug-likeness (QED) is 0.743. The molecule has 0 fully saturated rings. The summed E-state index contributed by atoms with van der Waals surface area (Å²) in [6.45, 7) is 0. The molecule has 0 saturated carbocycles. The Labute approximate surface area is 102 Å². The predicted molar refractivity (Wildman–Crippen MR) is 65.4 cm³/mol.